The number of allylic oxidation sites excluding steroid dienone is 2. The highest BCUT2D eigenvalue weighted by molar-refractivity contribution is 5.72. The lowest BCUT2D eigenvalue weighted by Gasteiger charge is -2.02. The molecule has 1 heteroatoms. The van der Waals surface area contributed by atoms with E-state index in [0.717, 1.165) is 24.7 Å². The Labute approximate surface area is 120 Å². The minimum atomic E-state index is 0.989. The van der Waals surface area contributed by atoms with Crippen LogP contribution in [-0.2, 0) is 4.79 Å². The molecule has 0 N–H and O–H groups in total. The molecule has 0 rings (SSSR count). The molecule has 0 aromatic carbocycles. The SMILES string of the molecule is CCCCCCCC/C=C(\C=O)CCCCCCC. The van der Waals surface area contributed by atoms with E-state index >= 15 is 0 Å². The second-order valence-electron chi connectivity index (χ2n) is 5.62. The molecule has 19 heavy (non-hydrogen) atoms. The summed E-state index contributed by atoms with van der Waals surface area (Å²) in [6, 6.07) is 0. The van der Waals surface area contributed by atoms with Gasteiger partial charge in [0.25, 0.3) is 0 Å². The van der Waals surface area contributed by atoms with E-state index in [1.54, 1.807) is 0 Å². The van der Waals surface area contributed by atoms with Crippen molar-refractivity contribution in [3.8, 4) is 0 Å². The largest absolute Gasteiger partial charge is 0.298 e. The van der Waals surface area contributed by atoms with E-state index in [-0.39, 0.29) is 0 Å². The Morgan fingerprint density at radius 2 is 1.26 bits per heavy atom. The summed E-state index contributed by atoms with van der Waals surface area (Å²) in [7, 11) is 0. The number of unbranched alkanes of at least 4 members (excludes halogenated alkanes) is 10. The first-order valence-corrected chi connectivity index (χ1v) is 8.49. The Hall–Kier alpha value is -0.590. The fourth-order valence-corrected chi connectivity index (χ4v) is 2.35. The molecule has 0 fully saturated rings. The van der Waals surface area contributed by atoms with Gasteiger partial charge >= 0.3 is 0 Å². The highest BCUT2D eigenvalue weighted by Crippen LogP contribution is 2.12. The van der Waals surface area contributed by atoms with Crippen molar-refractivity contribution in [1.29, 1.82) is 0 Å². The Morgan fingerprint density at radius 3 is 1.84 bits per heavy atom. The second-order valence-corrected chi connectivity index (χ2v) is 5.62. The molecule has 0 bridgehead atoms. The molecule has 0 aromatic heterocycles. The molecule has 1 nitrogen and oxygen atoms in total. The summed E-state index contributed by atoms with van der Waals surface area (Å²) in [5.74, 6) is 0. The molecule has 0 spiro atoms. The van der Waals surface area contributed by atoms with Gasteiger partial charge in [-0.2, -0.15) is 0 Å². The maximum absolute atomic E-state index is 11.0. The average Bonchev–Trinajstić information content (AvgIpc) is 2.44. The predicted molar refractivity (Wildman–Crippen MR) is 85.5 cm³/mol. The highest BCUT2D eigenvalue weighted by atomic mass is 16.1. The van der Waals surface area contributed by atoms with Crippen molar-refractivity contribution in [2.24, 2.45) is 0 Å². The predicted octanol–water partition coefficient (Wildman–Crippen LogP) is 6.22. The van der Waals surface area contributed by atoms with Crippen LogP contribution in [0.5, 0.6) is 0 Å². The van der Waals surface area contributed by atoms with Crippen LogP contribution in [0.25, 0.3) is 0 Å². The second kappa shape index (κ2) is 15.5. The van der Waals surface area contributed by atoms with Crippen LogP contribution in [0.3, 0.4) is 0 Å². The summed E-state index contributed by atoms with van der Waals surface area (Å²) < 4.78 is 0. The molecule has 0 radical (unpaired) electrons. The van der Waals surface area contributed by atoms with Gasteiger partial charge in [0.1, 0.15) is 6.29 Å². The summed E-state index contributed by atoms with van der Waals surface area (Å²) in [5.41, 5.74) is 1.03. The topological polar surface area (TPSA) is 17.1 Å². The third kappa shape index (κ3) is 13.6. The van der Waals surface area contributed by atoms with Crippen molar-refractivity contribution in [2.75, 3.05) is 0 Å². The third-order valence-corrected chi connectivity index (χ3v) is 3.68. The van der Waals surface area contributed by atoms with Crippen molar-refractivity contribution in [1.82, 2.24) is 0 Å². The number of carbonyl (C=O) groups is 1. The van der Waals surface area contributed by atoms with Crippen molar-refractivity contribution in [2.45, 2.75) is 97.3 Å². The molecule has 0 aromatic rings. The molecular weight excluding hydrogens is 232 g/mol. The molecule has 112 valence electrons. The molecule has 0 heterocycles. The van der Waals surface area contributed by atoms with Gasteiger partial charge < -0.3 is 0 Å². The van der Waals surface area contributed by atoms with E-state index in [1.165, 1.54) is 70.6 Å². The molecule has 0 unspecified atom stereocenters. The normalized spacial score (nSPS) is 11.8. The Kier molecular flexibility index (Phi) is 15.0. The van der Waals surface area contributed by atoms with E-state index in [0.29, 0.717) is 0 Å². The standard InChI is InChI=1S/C18H34O/c1-3-5-7-9-10-12-14-16-18(17-19)15-13-11-8-6-4-2/h16-17H,3-15H2,1-2H3/b18-16-. The lowest BCUT2D eigenvalue weighted by atomic mass is 10.0. The number of hydrogen-bond acceptors (Lipinski definition) is 1. The van der Waals surface area contributed by atoms with Gasteiger partial charge in [0, 0.05) is 0 Å². The van der Waals surface area contributed by atoms with E-state index in [9.17, 15) is 4.79 Å². The lowest BCUT2D eigenvalue weighted by Crippen LogP contribution is -1.87. The maximum Gasteiger partial charge on any atom is 0.145 e. The fraction of sp³-hybridized carbons (Fsp3) is 0.833. The zero-order chi connectivity index (χ0) is 14.2. The van der Waals surface area contributed by atoms with Gasteiger partial charge in [0.05, 0.1) is 0 Å². The van der Waals surface area contributed by atoms with Gasteiger partial charge in [0.15, 0.2) is 0 Å². The summed E-state index contributed by atoms with van der Waals surface area (Å²) in [6.45, 7) is 4.48. The van der Waals surface area contributed by atoms with Crippen LogP contribution in [0.1, 0.15) is 97.3 Å². The van der Waals surface area contributed by atoms with Crippen LogP contribution in [0.2, 0.25) is 0 Å². The van der Waals surface area contributed by atoms with Crippen LogP contribution >= 0.6 is 0 Å². The van der Waals surface area contributed by atoms with Gasteiger partial charge in [-0.05, 0) is 31.3 Å². The monoisotopic (exact) mass is 266 g/mol. The van der Waals surface area contributed by atoms with Gasteiger partial charge in [-0.15, -0.1) is 0 Å². The smallest absolute Gasteiger partial charge is 0.145 e. The zero-order valence-electron chi connectivity index (χ0n) is 13.3. The number of rotatable bonds is 14. The number of hydrogen-bond donors (Lipinski definition) is 0. The Bertz CT molecular complexity index is 218. The van der Waals surface area contributed by atoms with Crippen molar-refractivity contribution >= 4 is 6.29 Å². The van der Waals surface area contributed by atoms with E-state index in [1.807, 2.05) is 0 Å². The molecule has 0 saturated carbocycles. The Balaban J connectivity index is 3.49. The summed E-state index contributed by atoms with van der Waals surface area (Å²) >= 11 is 0. The first-order valence-electron chi connectivity index (χ1n) is 8.49. The minimum Gasteiger partial charge on any atom is -0.298 e. The fourth-order valence-electron chi connectivity index (χ4n) is 2.35. The van der Waals surface area contributed by atoms with Gasteiger partial charge in [-0.1, -0.05) is 77.7 Å². The molecule has 0 aliphatic carbocycles. The van der Waals surface area contributed by atoms with Crippen LogP contribution in [0, 0.1) is 0 Å². The first-order chi connectivity index (χ1) is 9.35. The van der Waals surface area contributed by atoms with Gasteiger partial charge in [0.2, 0.25) is 0 Å². The highest BCUT2D eigenvalue weighted by Gasteiger charge is 1.96. The average molecular weight is 266 g/mol. The summed E-state index contributed by atoms with van der Waals surface area (Å²) in [5, 5.41) is 0. The van der Waals surface area contributed by atoms with E-state index in [4.69, 9.17) is 0 Å². The third-order valence-electron chi connectivity index (χ3n) is 3.68. The molecule has 0 amide bonds. The summed E-state index contributed by atoms with van der Waals surface area (Å²) in [4.78, 5) is 11.0. The van der Waals surface area contributed by atoms with Gasteiger partial charge in [-0.3, -0.25) is 4.79 Å². The van der Waals surface area contributed by atoms with Gasteiger partial charge in [-0.25, -0.2) is 0 Å². The van der Waals surface area contributed by atoms with Crippen LogP contribution in [0.4, 0.5) is 0 Å². The van der Waals surface area contributed by atoms with Crippen LogP contribution in [0.15, 0.2) is 11.6 Å². The van der Waals surface area contributed by atoms with Crippen LogP contribution < -0.4 is 0 Å². The Morgan fingerprint density at radius 1 is 0.737 bits per heavy atom. The molecule has 0 aliphatic rings. The van der Waals surface area contributed by atoms with E-state index in [2.05, 4.69) is 19.9 Å². The first kappa shape index (κ1) is 18.4. The number of carbonyl (C=O) groups excluding carboxylic acids is 1. The zero-order valence-corrected chi connectivity index (χ0v) is 13.3. The van der Waals surface area contributed by atoms with Crippen LogP contribution in [-0.4, -0.2) is 6.29 Å². The van der Waals surface area contributed by atoms with Crippen molar-refractivity contribution in [3.05, 3.63) is 11.6 Å². The summed E-state index contributed by atoms with van der Waals surface area (Å²) in [6.07, 6.45) is 19.7. The molecule has 0 saturated heterocycles. The number of aldehydes is 1. The maximum atomic E-state index is 11.0. The van der Waals surface area contributed by atoms with Crippen molar-refractivity contribution < 1.29 is 4.79 Å². The van der Waals surface area contributed by atoms with Crippen molar-refractivity contribution in [3.63, 3.8) is 0 Å². The molecule has 0 atom stereocenters. The quantitative estimate of drug-likeness (QED) is 0.207. The van der Waals surface area contributed by atoms with E-state index < -0.39 is 0 Å². The lowest BCUT2D eigenvalue weighted by molar-refractivity contribution is -0.105. The molecule has 0 aliphatic heterocycles. The molecular formula is C18H34O. The minimum absolute atomic E-state index is 0.989.